The van der Waals surface area contributed by atoms with Gasteiger partial charge in [0.1, 0.15) is 12.6 Å². The van der Waals surface area contributed by atoms with Crippen molar-refractivity contribution in [3.8, 4) is 0 Å². The summed E-state index contributed by atoms with van der Waals surface area (Å²) in [5.74, 6) is -0.805. The molecule has 1 saturated carbocycles. The van der Waals surface area contributed by atoms with Gasteiger partial charge in [-0.2, -0.15) is 0 Å². The lowest BCUT2D eigenvalue weighted by Crippen LogP contribution is -2.53. The number of aryl methyl sites for hydroxylation is 1. The summed E-state index contributed by atoms with van der Waals surface area (Å²) >= 11 is 12.4. The number of nitrogens with one attached hydrogen (secondary N) is 1. The van der Waals surface area contributed by atoms with Crippen LogP contribution in [0.25, 0.3) is 0 Å². The summed E-state index contributed by atoms with van der Waals surface area (Å²) in [5, 5.41) is 3.79. The number of anilines is 1. The molecule has 41 heavy (non-hydrogen) atoms. The summed E-state index contributed by atoms with van der Waals surface area (Å²) < 4.78 is 28.7. The summed E-state index contributed by atoms with van der Waals surface area (Å²) in [7, 11) is -4.10. The number of amides is 2. The molecule has 3 aromatic carbocycles. The van der Waals surface area contributed by atoms with Crippen molar-refractivity contribution in [1.82, 2.24) is 10.2 Å². The molecule has 10 heteroatoms. The molecular formula is C31H35Cl2N3O4S. The van der Waals surface area contributed by atoms with E-state index in [1.54, 1.807) is 67.6 Å². The van der Waals surface area contributed by atoms with E-state index in [1.165, 1.54) is 17.0 Å². The molecule has 218 valence electrons. The van der Waals surface area contributed by atoms with Gasteiger partial charge in [0, 0.05) is 12.6 Å². The van der Waals surface area contributed by atoms with Crippen LogP contribution in [0, 0.1) is 6.92 Å². The minimum atomic E-state index is -4.10. The fourth-order valence-electron chi connectivity index (χ4n) is 4.95. The van der Waals surface area contributed by atoms with E-state index in [2.05, 4.69) is 5.32 Å². The molecule has 0 radical (unpaired) electrons. The second-order valence-electron chi connectivity index (χ2n) is 10.4. The molecule has 1 aliphatic rings. The van der Waals surface area contributed by atoms with Gasteiger partial charge in [-0.3, -0.25) is 13.9 Å². The van der Waals surface area contributed by atoms with E-state index in [9.17, 15) is 18.0 Å². The minimum absolute atomic E-state index is 0.0437. The number of nitrogens with zero attached hydrogens (tertiary/aromatic N) is 2. The molecule has 4 rings (SSSR count). The molecule has 0 aromatic heterocycles. The predicted molar refractivity (Wildman–Crippen MR) is 164 cm³/mol. The number of halogens is 2. The number of hydrogen-bond acceptors (Lipinski definition) is 4. The van der Waals surface area contributed by atoms with E-state index in [0.29, 0.717) is 21.3 Å². The lowest BCUT2D eigenvalue weighted by atomic mass is 9.95. The Morgan fingerprint density at radius 2 is 1.59 bits per heavy atom. The monoisotopic (exact) mass is 615 g/mol. The van der Waals surface area contributed by atoms with Crippen LogP contribution >= 0.6 is 23.2 Å². The maximum atomic E-state index is 14.0. The fourth-order valence-corrected chi connectivity index (χ4v) is 6.70. The van der Waals surface area contributed by atoms with Crippen LogP contribution in [-0.2, 0) is 26.2 Å². The standard InChI is InChI=1S/C31H35Cl2N3O4S/c1-22-13-16-26(17-14-22)36(41(39,40)27-11-7-4-8-12-27)21-30(37)35(20-24-15-18-28(32)29(33)19-24)23(2)31(38)34-25-9-5-3-6-10-25/h4,7-8,11-19,23,25H,3,5-6,9-10,20-21H2,1-2H3,(H,34,38)/t23-/m1/s1. The number of benzene rings is 3. The largest absolute Gasteiger partial charge is 0.352 e. The average molecular weight is 617 g/mol. The average Bonchev–Trinajstić information content (AvgIpc) is 2.97. The van der Waals surface area contributed by atoms with Crippen LogP contribution in [0.15, 0.2) is 77.7 Å². The van der Waals surface area contributed by atoms with E-state index >= 15 is 0 Å². The summed E-state index contributed by atoms with van der Waals surface area (Å²) in [6, 6.07) is 19.1. The van der Waals surface area contributed by atoms with Crippen molar-refractivity contribution < 1.29 is 18.0 Å². The molecule has 0 saturated heterocycles. The lowest BCUT2D eigenvalue weighted by Gasteiger charge is -2.33. The third-order valence-corrected chi connectivity index (χ3v) is 9.91. The second kappa shape index (κ2) is 13.7. The molecule has 1 atom stereocenters. The Bertz CT molecular complexity index is 1460. The quantitative estimate of drug-likeness (QED) is 0.287. The van der Waals surface area contributed by atoms with Gasteiger partial charge in [0.25, 0.3) is 10.0 Å². The third kappa shape index (κ3) is 7.82. The van der Waals surface area contributed by atoms with Crippen LogP contribution in [0.2, 0.25) is 10.0 Å². The van der Waals surface area contributed by atoms with Gasteiger partial charge in [0.2, 0.25) is 11.8 Å². The topological polar surface area (TPSA) is 86.8 Å². The van der Waals surface area contributed by atoms with Crippen LogP contribution in [0.5, 0.6) is 0 Å². The molecule has 1 N–H and O–H groups in total. The smallest absolute Gasteiger partial charge is 0.264 e. The van der Waals surface area contributed by atoms with Crippen molar-refractivity contribution >= 4 is 50.7 Å². The molecule has 2 amide bonds. The van der Waals surface area contributed by atoms with Crippen LogP contribution in [-0.4, -0.2) is 43.8 Å². The van der Waals surface area contributed by atoms with Gasteiger partial charge in [-0.05, 0) is 68.7 Å². The van der Waals surface area contributed by atoms with E-state index < -0.39 is 28.5 Å². The molecule has 3 aromatic rings. The molecular weight excluding hydrogens is 581 g/mol. The first kappa shape index (κ1) is 30.9. The summed E-state index contributed by atoms with van der Waals surface area (Å²) in [4.78, 5) is 28.9. The summed E-state index contributed by atoms with van der Waals surface area (Å²) in [6.07, 6.45) is 5.04. The number of rotatable bonds is 10. The predicted octanol–water partition coefficient (Wildman–Crippen LogP) is 6.36. The maximum absolute atomic E-state index is 14.0. The minimum Gasteiger partial charge on any atom is -0.352 e. The summed E-state index contributed by atoms with van der Waals surface area (Å²) in [5.41, 5.74) is 1.96. The summed E-state index contributed by atoms with van der Waals surface area (Å²) in [6.45, 7) is 3.11. The zero-order valence-electron chi connectivity index (χ0n) is 23.2. The van der Waals surface area contributed by atoms with Crippen LogP contribution in [0.3, 0.4) is 0 Å². The van der Waals surface area contributed by atoms with Crippen molar-refractivity contribution in [2.45, 2.75) is 69.5 Å². The Morgan fingerprint density at radius 3 is 2.22 bits per heavy atom. The Hall–Kier alpha value is -3.07. The highest BCUT2D eigenvalue weighted by Gasteiger charge is 2.33. The Morgan fingerprint density at radius 1 is 0.927 bits per heavy atom. The highest BCUT2D eigenvalue weighted by atomic mass is 35.5. The highest BCUT2D eigenvalue weighted by Crippen LogP contribution is 2.27. The Balaban J connectivity index is 1.67. The van der Waals surface area contributed by atoms with E-state index in [4.69, 9.17) is 23.2 Å². The van der Waals surface area contributed by atoms with E-state index in [-0.39, 0.29) is 23.4 Å². The molecule has 0 unspecified atom stereocenters. The van der Waals surface area contributed by atoms with Crippen molar-refractivity contribution in [3.63, 3.8) is 0 Å². The molecule has 7 nitrogen and oxygen atoms in total. The van der Waals surface area contributed by atoms with Crippen molar-refractivity contribution in [3.05, 3.63) is 94.0 Å². The van der Waals surface area contributed by atoms with Crippen molar-refractivity contribution in [1.29, 1.82) is 0 Å². The van der Waals surface area contributed by atoms with Gasteiger partial charge in [0.15, 0.2) is 0 Å². The molecule has 0 bridgehead atoms. The van der Waals surface area contributed by atoms with Crippen molar-refractivity contribution in [2.75, 3.05) is 10.8 Å². The van der Waals surface area contributed by atoms with Gasteiger partial charge >= 0.3 is 0 Å². The van der Waals surface area contributed by atoms with E-state index in [1.807, 2.05) is 6.92 Å². The van der Waals surface area contributed by atoms with E-state index in [0.717, 1.165) is 42.0 Å². The first-order valence-corrected chi connectivity index (χ1v) is 15.9. The van der Waals surface area contributed by atoms with Gasteiger partial charge in [-0.15, -0.1) is 0 Å². The van der Waals surface area contributed by atoms with Crippen LogP contribution < -0.4 is 9.62 Å². The van der Waals surface area contributed by atoms with Crippen LogP contribution in [0.4, 0.5) is 5.69 Å². The van der Waals surface area contributed by atoms with Crippen molar-refractivity contribution in [2.24, 2.45) is 0 Å². The zero-order chi connectivity index (χ0) is 29.6. The molecule has 1 aliphatic carbocycles. The van der Waals surface area contributed by atoms with Crippen LogP contribution in [0.1, 0.15) is 50.2 Å². The number of hydrogen-bond donors (Lipinski definition) is 1. The van der Waals surface area contributed by atoms with Gasteiger partial charge < -0.3 is 10.2 Å². The second-order valence-corrected chi connectivity index (χ2v) is 13.1. The first-order chi connectivity index (χ1) is 19.6. The zero-order valence-corrected chi connectivity index (χ0v) is 25.6. The fraction of sp³-hybridized carbons (Fsp3) is 0.355. The maximum Gasteiger partial charge on any atom is 0.264 e. The Kier molecular flexibility index (Phi) is 10.3. The van der Waals surface area contributed by atoms with Gasteiger partial charge in [0.05, 0.1) is 20.6 Å². The normalized spacial score (nSPS) is 14.7. The third-order valence-electron chi connectivity index (χ3n) is 7.39. The lowest BCUT2D eigenvalue weighted by molar-refractivity contribution is -0.139. The first-order valence-electron chi connectivity index (χ1n) is 13.7. The number of carbonyl (C=O) groups excluding carboxylic acids is 2. The molecule has 0 heterocycles. The van der Waals surface area contributed by atoms with Gasteiger partial charge in [-0.25, -0.2) is 8.42 Å². The SMILES string of the molecule is Cc1ccc(N(CC(=O)N(Cc2ccc(Cl)c(Cl)c2)[C@H](C)C(=O)NC2CCCCC2)S(=O)(=O)c2ccccc2)cc1. The highest BCUT2D eigenvalue weighted by molar-refractivity contribution is 7.92. The number of carbonyl (C=O) groups is 2. The van der Waals surface area contributed by atoms with Gasteiger partial charge in [-0.1, -0.05) is 84.4 Å². The molecule has 0 aliphatic heterocycles. The number of sulfonamides is 1. The molecule has 0 spiro atoms. The Labute approximate surface area is 252 Å². The molecule has 1 fully saturated rings.